The van der Waals surface area contributed by atoms with Crippen molar-refractivity contribution >= 4 is 11.9 Å². The topological polar surface area (TPSA) is 66.0 Å². The molecule has 0 spiro atoms. The van der Waals surface area contributed by atoms with E-state index in [0.29, 0.717) is 30.0 Å². The number of carbonyl (C=O) groups excluding carboxylic acids is 1. The maximum absolute atomic E-state index is 12.1. The number of hydrogen-bond acceptors (Lipinski definition) is 3. The van der Waals surface area contributed by atoms with E-state index in [1.165, 1.54) is 25.7 Å². The minimum Gasteiger partial charge on any atom is -0.378 e. The molecule has 1 amide bonds. The van der Waals surface area contributed by atoms with Crippen LogP contribution in [0.2, 0.25) is 0 Å². The van der Waals surface area contributed by atoms with E-state index >= 15 is 0 Å². The first-order chi connectivity index (χ1) is 13.4. The number of aliphatic imine (C=N–C) groups is 1. The summed E-state index contributed by atoms with van der Waals surface area (Å²) in [5, 5.41) is 7.29. The Morgan fingerprint density at radius 2 is 1.86 bits per heavy atom. The van der Waals surface area contributed by atoms with Crippen molar-refractivity contribution in [2.75, 3.05) is 27.2 Å². The van der Waals surface area contributed by atoms with Crippen molar-refractivity contribution in [2.24, 2.45) is 16.8 Å². The van der Waals surface area contributed by atoms with E-state index in [1.807, 2.05) is 0 Å². The van der Waals surface area contributed by atoms with Crippen molar-refractivity contribution in [1.29, 1.82) is 0 Å². The molecule has 0 aromatic rings. The zero-order valence-corrected chi connectivity index (χ0v) is 18.7. The Balaban J connectivity index is 2.03. The van der Waals surface area contributed by atoms with Gasteiger partial charge in [-0.15, -0.1) is 0 Å². The van der Waals surface area contributed by atoms with E-state index in [4.69, 9.17) is 4.74 Å². The SMILES string of the molecule is CCC(CC)C1CC(NC(=NCC(=O)N(C)C)NC2CCCCC2C)CCO1. The molecular formula is C22H42N4O2. The molecule has 0 aromatic heterocycles. The van der Waals surface area contributed by atoms with Crippen LogP contribution in [0.1, 0.15) is 72.1 Å². The molecular weight excluding hydrogens is 352 g/mol. The van der Waals surface area contributed by atoms with Gasteiger partial charge in [-0.05, 0) is 37.5 Å². The Bertz CT molecular complexity index is 505. The molecule has 2 rings (SSSR count). The van der Waals surface area contributed by atoms with E-state index in [9.17, 15) is 4.79 Å². The minimum atomic E-state index is 0.0275. The normalized spacial score (nSPS) is 28.9. The van der Waals surface area contributed by atoms with Gasteiger partial charge in [0.05, 0.1) is 6.10 Å². The fraction of sp³-hybridized carbons (Fsp3) is 0.909. The second kappa shape index (κ2) is 11.6. The smallest absolute Gasteiger partial charge is 0.243 e. The molecule has 28 heavy (non-hydrogen) atoms. The van der Waals surface area contributed by atoms with Gasteiger partial charge in [0, 0.05) is 32.8 Å². The Hall–Kier alpha value is -1.30. The van der Waals surface area contributed by atoms with Crippen LogP contribution in [0, 0.1) is 11.8 Å². The van der Waals surface area contributed by atoms with Crippen molar-refractivity contribution in [3.8, 4) is 0 Å². The van der Waals surface area contributed by atoms with Gasteiger partial charge in [-0.2, -0.15) is 0 Å². The molecule has 1 aliphatic heterocycles. The van der Waals surface area contributed by atoms with E-state index in [1.54, 1.807) is 19.0 Å². The van der Waals surface area contributed by atoms with Gasteiger partial charge >= 0.3 is 0 Å². The van der Waals surface area contributed by atoms with Crippen LogP contribution in [-0.4, -0.2) is 62.2 Å². The number of rotatable bonds is 7. The average Bonchev–Trinajstić information content (AvgIpc) is 2.68. The van der Waals surface area contributed by atoms with Crippen LogP contribution in [0.15, 0.2) is 4.99 Å². The summed E-state index contributed by atoms with van der Waals surface area (Å²) in [6, 6.07) is 0.781. The molecule has 1 saturated carbocycles. The maximum atomic E-state index is 12.1. The van der Waals surface area contributed by atoms with Gasteiger partial charge in [-0.3, -0.25) is 4.79 Å². The van der Waals surface area contributed by atoms with E-state index in [0.717, 1.165) is 38.2 Å². The molecule has 6 heteroatoms. The van der Waals surface area contributed by atoms with Gasteiger partial charge in [0.25, 0.3) is 0 Å². The van der Waals surface area contributed by atoms with E-state index in [-0.39, 0.29) is 12.5 Å². The monoisotopic (exact) mass is 394 g/mol. The van der Waals surface area contributed by atoms with Crippen molar-refractivity contribution in [3.63, 3.8) is 0 Å². The lowest BCUT2D eigenvalue weighted by Crippen LogP contribution is -2.52. The summed E-state index contributed by atoms with van der Waals surface area (Å²) in [7, 11) is 3.56. The van der Waals surface area contributed by atoms with E-state index < -0.39 is 0 Å². The molecule has 0 radical (unpaired) electrons. The number of likely N-dealkylation sites (N-methyl/N-ethyl adjacent to an activating group) is 1. The molecule has 2 aliphatic rings. The lowest BCUT2D eigenvalue weighted by molar-refractivity contribution is -0.127. The first-order valence-corrected chi connectivity index (χ1v) is 11.3. The molecule has 1 saturated heterocycles. The average molecular weight is 395 g/mol. The predicted octanol–water partition coefficient (Wildman–Crippen LogP) is 3.17. The van der Waals surface area contributed by atoms with Crippen LogP contribution in [0.4, 0.5) is 0 Å². The molecule has 2 N–H and O–H groups in total. The third kappa shape index (κ3) is 6.94. The first kappa shape index (κ1) is 23.0. The number of ether oxygens (including phenoxy) is 1. The molecule has 2 fully saturated rings. The number of nitrogens with zero attached hydrogens (tertiary/aromatic N) is 2. The molecule has 1 aliphatic carbocycles. The quantitative estimate of drug-likeness (QED) is 0.514. The van der Waals surface area contributed by atoms with E-state index in [2.05, 4.69) is 36.4 Å². The molecule has 162 valence electrons. The third-order valence-corrected chi connectivity index (χ3v) is 6.54. The molecule has 4 atom stereocenters. The van der Waals surface area contributed by atoms with Crippen molar-refractivity contribution in [1.82, 2.24) is 15.5 Å². The van der Waals surface area contributed by atoms with Crippen LogP contribution in [0.5, 0.6) is 0 Å². The summed E-state index contributed by atoms with van der Waals surface area (Å²) < 4.78 is 6.07. The highest BCUT2D eigenvalue weighted by Crippen LogP contribution is 2.26. The lowest BCUT2D eigenvalue weighted by Gasteiger charge is -2.36. The summed E-state index contributed by atoms with van der Waals surface area (Å²) >= 11 is 0. The molecule has 4 unspecified atom stereocenters. The van der Waals surface area contributed by atoms with Crippen LogP contribution in [-0.2, 0) is 9.53 Å². The molecule has 0 aromatic carbocycles. The van der Waals surface area contributed by atoms with Crippen LogP contribution >= 0.6 is 0 Å². The summed E-state index contributed by atoms with van der Waals surface area (Å²) in [6.45, 7) is 7.79. The number of nitrogens with one attached hydrogen (secondary N) is 2. The maximum Gasteiger partial charge on any atom is 0.243 e. The zero-order valence-electron chi connectivity index (χ0n) is 18.7. The van der Waals surface area contributed by atoms with Crippen LogP contribution in [0.25, 0.3) is 0 Å². The second-order valence-corrected chi connectivity index (χ2v) is 8.82. The predicted molar refractivity (Wildman–Crippen MR) is 116 cm³/mol. The molecule has 6 nitrogen and oxygen atoms in total. The summed E-state index contributed by atoms with van der Waals surface area (Å²) in [5.41, 5.74) is 0. The standard InChI is InChI=1S/C22H42N4O2/c1-6-17(7-2)20-14-18(12-13-28-20)24-22(23-15-21(27)26(4)5)25-19-11-9-8-10-16(19)3/h16-20H,6-15H2,1-5H3,(H2,23,24,25). The van der Waals surface area contributed by atoms with Gasteiger partial charge in [0.2, 0.25) is 5.91 Å². The van der Waals surface area contributed by atoms with Gasteiger partial charge in [-0.1, -0.05) is 46.5 Å². The Kier molecular flexibility index (Phi) is 9.56. The van der Waals surface area contributed by atoms with Gasteiger partial charge in [0.1, 0.15) is 6.54 Å². The summed E-state index contributed by atoms with van der Waals surface area (Å²) in [6.07, 6.45) is 9.64. The third-order valence-electron chi connectivity index (χ3n) is 6.54. The van der Waals surface area contributed by atoms with Crippen molar-refractivity contribution in [2.45, 2.75) is 90.3 Å². The fourth-order valence-corrected chi connectivity index (χ4v) is 4.42. The highest BCUT2D eigenvalue weighted by Gasteiger charge is 2.29. The van der Waals surface area contributed by atoms with Crippen LogP contribution in [0.3, 0.4) is 0 Å². The Morgan fingerprint density at radius 3 is 2.50 bits per heavy atom. The van der Waals surface area contributed by atoms with Gasteiger partial charge in [0.15, 0.2) is 5.96 Å². The highest BCUT2D eigenvalue weighted by atomic mass is 16.5. The largest absolute Gasteiger partial charge is 0.378 e. The van der Waals surface area contributed by atoms with Gasteiger partial charge in [-0.25, -0.2) is 4.99 Å². The zero-order chi connectivity index (χ0) is 20.5. The summed E-state index contributed by atoms with van der Waals surface area (Å²) in [5.74, 6) is 2.08. The Labute approximate surface area is 171 Å². The molecule has 1 heterocycles. The number of guanidine groups is 1. The van der Waals surface area contributed by atoms with Gasteiger partial charge < -0.3 is 20.3 Å². The number of amides is 1. The second-order valence-electron chi connectivity index (χ2n) is 8.82. The highest BCUT2D eigenvalue weighted by molar-refractivity contribution is 5.85. The first-order valence-electron chi connectivity index (χ1n) is 11.3. The molecule has 0 bridgehead atoms. The number of hydrogen-bond donors (Lipinski definition) is 2. The summed E-state index contributed by atoms with van der Waals surface area (Å²) in [4.78, 5) is 18.3. The number of carbonyl (C=O) groups is 1. The minimum absolute atomic E-state index is 0.0275. The van der Waals surface area contributed by atoms with Crippen molar-refractivity contribution in [3.05, 3.63) is 0 Å². The van der Waals surface area contributed by atoms with Crippen molar-refractivity contribution < 1.29 is 9.53 Å². The Morgan fingerprint density at radius 1 is 1.14 bits per heavy atom. The fourth-order valence-electron chi connectivity index (χ4n) is 4.42. The van der Waals surface area contributed by atoms with Crippen LogP contribution < -0.4 is 10.6 Å². The lowest BCUT2D eigenvalue weighted by atomic mass is 9.86.